The summed E-state index contributed by atoms with van der Waals surface area (Å²) in [5.74, 6) is 0.305. The molecule has 2 rings (SSSR count). The molecule has 1 fully saturated rings. The van der Waals surface area contributed by atoms with E-state index in [1.165, 1.54) is 12.0 Å². The van der Waals surface area contributed by atoms with Crippen molar-refractivity contribution in [2.45, 2.75) is 25.4 Å². The van der Waals surface area contributed by atoms with Crippen molar-refractivity contribution in [2.24, 2.45) is 0 Å². The van der Waals surface area contributed by atoms with Gasteiger partial charge in [-0.3, -0.25) is 4.90 Å². The van der Waals surface area contributed by atoms with Gasteiger partial charge in [-0.2, -0.15) is 0 Å². The first kappa shape index (κ1) is 10.5. The molecule has 82 valence electrons. The van der Waals surface area contributed by atoms with Gasteiger partial charge in [0.05, 0.1) is 6.61 Å². The van der Waals surface area contributed by atoms with Crippen LogP contribution in [-0.2, 0) is 6.54 Å². The molecule has 1 saturated heterocycles. The fourth-order valence-electron chi connectivity index (χ4n) is 2.15. The molecular formula is C12H17NO2. The van der Waals surface area contributed by atoms with Crippen LogP contribution < -0.4 is 0 Å². The third-order valence-corrected chi connectivity index (χ3v) is 3.03. The first-order valence-corrected chi connectivity index (χ1v) is 5.42. The number of aromatic hydroxyl groups is 1. The highest BCUT2D eigenvalue weighted by Gasteiger charge is 2.23. The number of aliphatic hydroxyl groups is 1. The van der Waals surface area contributed by atoms with Crippen LogP contribution in [0.5, 0.6) is 5.75 Å². The van der Waals surface area contributed by atoms with Crippen LogP contribution in [-0.4, -0.2) is 34.3 Å². The molecule has 0 saturated carbocycles. The number of rotatable bonds is 3. The Kier molecular flexibility index (Phi) is 3.23. The average Bonchev–Trinajstić information content (AvgIpc) is 2.69. The lowest BCUT2D eigenvalue weighted by Gasteiger charge is -2.22. The summed E-state index contributed by atoms with van der Waals surface area (Å²) in [7, 11) is 0. The van der Waals surface area contributed by atoms with Gasteiger partial charge >= 0.3 is 0 Å². The van der Waals surface area contributed by atoms with Crippen molar-refractivity contribution < 1.29 is 10.2 Å². The van der Waals surface area contributed by atoms with Crippen LogP contribution in [0.3, 0.4) is 0 Å². The van der Waals surface area contributed by atoms with Gasteiger partial charge in [-0.25, -0.2) is 0 Å². The van der Waals surface area contributed by atoms with Crippen LogP contribution >= 0.6 is 0 Å². The zero-order chi connectivity index (χ0) is 10.7. The Morgan fingerprint density at radius 1 is 1.27 bits per heavy atom. The Bertz CT molecular complexity index is 310. The van der Waals surface area contributed by atoms with E-state index in [4.69, 9.17) is 5.11 Å². The molecular weight excluding hydrogens is 190 g/mol. The number of hydrogen-bond donors (Lipinski definition) is 2. The molecule has 0 aromatic heterocycles. The minimum Gasteiger partial charge on any atom is -0.508 e. The number of phenolic OH excluding ortho intramolecular Hbond substituents is 1. The normalized spacial score (nSPS) is 22.1. The van der Waals surface area contributed by atoms with Crippen LogP contribution in [0.15, 0.2) is 24.3 Å². The quantitative estimate of drug-likeness (QED) is 0.786. The van der Waals surface area contributed by atoms with Crippen LogP contribution in [0.25, 0.3) is 0 Å². The van der Waals surface area contributed by atoms with Gasteiger partial charge in [-0.05, 0) is 37.1 Å². The molecule has 0 spiro atoms. The van der Waals surface area contributed by atoms with E-state index < -0.39 is 0 Å². The van der Waals surface area contributed by atoms with Crippen LogP contribution in [0.1, 0.15) is 18.4 Å². The number of hydrogen-bond acceptors (Lipinski definition) is 3. The van der Waals surface area contributed by atoms with E-state index in [-0.39, 0.29) is 6.61 Å². The van der Waals surface area contributed by atoms with E-state index in [1.54, 1.807) is 12.1 Å². The fraction of sp³-hybridized carbons (Fsp3) is 0.500. The highest BCUT2D eigenvalue weighted by molar-refractivity contribution is 5.25. The predicted octanol–water partition coefficient (Wildman–Crippen LogP) is 1.35. The van der Waals surface area contributed by atoms with Crippen molar-refractivity contribution in [1.29, 1.82) is 0 Å². The molecule has 3 heteroatoms. The summed E-state index contributed by atoms with van der Waals surface area (Å²) in [5, 5.41) is 18.3. The molecule has 0 bridgehead atoms. The van der Waals surface area contributed by atoms with Crippen molar-refractivity contribution in [3.8, 4) is 5.75 Å². The first-order chi connectivity index (χ1) is 7.29. The van der Waals surface area contributed by atoms with Gasteiger partial charge < -0.3 is 10.2 Å². The van der Waals surface area contributed by atoms with Crippen LogP contribution in [0.2, 0.25) is 0 Å². The van der Waals surface area contributed by atoms with Gasteiger partial charge in [0, 0.05) is 12.6 Å². The van der Waals surface area contributed by atoms with Gasteiger partial charge in [0.2, 0.25) is 0 Å². The Morgan fingerprint density at radius 2 is 2.00 bits per heavy atom. The van der Waals surface area contributed by atoms with Crippen molar-refractivity contribution in [1.82, 2.24) is 4.90 Å². The Labute approximate surface area is 90.0 Å². The highest BCUT2D eigenvalue weighted by atomic mass is 16.3. The summed E-state index contributed by atoms with van der Waals surface area (Å²) in [6.07, 6.45) is 2.26. The molecule has 1 aliphatic rings. The Morgan fingerprint density at radius 3 is 2.67 bits per heavy atom. The molecule has 0 aliphatic carbocycles. The highest BCUT2D eigenvalue weighted by Crippen LogP contribution is 2.20. The zero-order valence-corrected chi connectivity index (χ0v) is 8.76. The van der Waals surface area contributed by atoms with Crippen molar-refractivity contribution in [3.63, 3.8) is 0 Å². The number of nitrogens with zero attached hydrogens (tertiary/aromatic N) is 1. The number of phenols is 1. The molecule has 1 heterocycles. The molecule has 1 aromatic rings. The minimum atomic E-state index is 0.248. The summed E-state index contributed by atoms with van der Waals surface area (Å²) >= 11 is 0. The summed E-state index contributed by atoms with van der Waals surface area (Å²) in [6.45, 7) is 2.18. The molecule has 15 heavy (non-hydrogen) atoms. The van der Waals surface area contributed by atoms with Gasteiger partial charge in [0.25, 0.3) is 0 Å². The standard InChI is InChI=1S/C12H17NO2/c14-9-11-2-1-7-13(11)8-10-3-5-12(15)6-4-10/h3-6,11,14-15H,1-2,7-9H2. The second-order valence-corrected chi connectivity index (χ2v) is 4.12. The van der Waals surface area contributed by atoms with Crippen LogP contribution in [0.4, 0.5) is 0 Å². The molecule has 0 radical (unpaired) electrons. The molecule has 0 amide bonds. The van der Waals surface area contributed by atoms with Crippen LogP contribution in [0, 0.1) is 0 Å². The van der Waals surface area contributed by atoms with E-state index in [0.717, 1.165) is 19.5 Å². The molecule has 3 nitrogen and oxygen atoms in total. The molecule has 1 unspecified atom stereocenters. The fourth-order valence-corrected chi connectivity index (χ4v) is 2.15. The van der Waals surface area contributed by atoms with E-state index >= 15 is 0 Å². The third kappa shape index (κ3) is 2.49. The van der Waals surface area contributed by atoms with Gasteiger partial charge in [-0.15, -0.1) is 0 Å². The SMILES string of the molecule is OCC1CCCN1Cc1ccc(O)cc1. The topological polar surface area (TPSA) is 43.7 Å². The predicted molar refractivity (Wildman–Crippen MR) is 58.6 cm³/mol. The minimum absolute atomic E-state index is 0.248. The molecule has 1 aliphatic heterocycles. The smallest absolute Gasteiger partial charge is 0.115 e. The maximum Gasteiger partial charge on any atom is 0.115 e. The van der Waals surface area contributed by atoms with E-state index in [9.17, 15) is 5.11 Å². The number of aliphatic hydroxyl groups excluding tert-OH is 1. The lowest BCUT2D eigenvalue weighted by atomic mass is 10.2. The molecule has 1 aromatic carbocycles. The Hall–Kier alpha value is -1.06. The largest absolute Gasteiger partial charge is 0.508 e. The summed E-state index contributed by atoms with van der Waals surface area (Å²) < 4.78 is 0. The molecule has 1 atom stereocenters. The van der Waals surface area contributed by atoms with Crippen molar-refractivity contribution in [3.05, 3.63) is 29.8 Å². The first-order valence-electron chi connectivity index (χ1n) is 5.42. The summed E-state index contributed by atoms with van der Waals surface area (Å²) in [5.41, 5.74) is 1.19. The zero-order valence-electron chi connectivity index (χ0n) is 8.76. The maximum atomic E-state index is 9.18. The van der Waals surface area contributed by atoms with Gasteiger partial charge in [0.15, 0.2) is 0 Å². The van der Waals surface area contributed by atoms with Crippen molar-refractivity contribution in [2.75, 3.05) is 13.2 Å². The second-order valence-electron chi connectivity index (χ2n) is 4.12. The van der Waals surface area contributed by atoms with Crippen molar-refractivity contribution >= 4 is 0 Å². The van der Waals surface area contributed by atoms with Gasteiger partial charge in [-0.1, -0.05) is 12.1 Å². The van der Waals surface area contributed by atoms with E-state index in [1.807, 2.05) is 12.1 Å². The van der Waals surface area contributed by atoms with E-state index in [2.05, 4.69) is 4.90 Å². The number of benzene rings is 1. The summed E-state index contributed by atoms with van der Waals surface area (Å²) in [6, 6.07) is 7.60. The van der Waals surface area contributed by atoms with E-state index in [0.29, 0.717) is 11.8 Å². The lowest BCUT2D eigenvalue weighted by Crippen LogP contribution is -2.31. The number of likely N-dealkylation sites (tertiary alicyclic amines) is 1. The van der Waals surface area contributed by atoms with Gasteiger partial charge in [0.1, 0.15) is 5.75 Å². The average molecular weight is 207 g/mol. The second kappa shape index (κ2) is 4.64. The maximum absolute atomic E-state index is 9.18. The summed E-state index contributed by atoms with van der Waals surface area (Å²) in [4.78, 5) is 2.30. The Balaban J connectivity index is 1.99. The lowest BCUT2D eigenvalue weighted by molar-refractivity contribution is 0.153. The monoisotopic (exact) mass is 207 g/mol. The third-order valence-electron chi connectivity index (χ3n) is 3.03. The molecule has 2 N–H and O–H groups in total.